The van der Waals surface area contributed by atoms with Crippen molar-refractivity contribution in [2.45, 2.75) is 18.9 Å². The van der Waals surface area contributed by atoms with E-state index < -0.39 is 22.3 Å². The first-order valence-corrected chi connectivity index (χ1v) is 8.88. The van der Waals surface area contributed by atoms with Gasteiger partial charge in [-0.15, -0.1) is 0 Å². The topological polar surface area (TPSA) is 93.5 Å². The summed E-state index contributed by atoms with van der Waals surface area (Å²) in [5.41, 5.74) is 1.31. The Balaban J connectivity index is 1.59. The number of benzene rings is 2. The van der Waals surface area contributed by atoms with Gasteiger partial charge >= 0.3 is 0 Å². The fraction of sp³-hybridized carbons (Fsp3) is 0.250. The number of hydrogen-bond acceptors (Lipinski definition) is 5. The summed E-state index contributed by atoms with van der Waals surface area (Å²) in [6.07, 6.45) is 4.38. The zero-order valence-electron chi connectivity index (χ0n) is 15.1. The van der Waals surface area contributed by atoms with Crippen molar-refractivity contribution < 1.29 is 18.8 Å². The van der Waals surface area contributed by atoms with Crippen molar-refractivity contribution >= 4 is 29.0 Å². The van der Waals surface area contributed by atoms with Crippen molar-refractivity contribution in [1.29, 1.82) is 0 Å². The number of nitrogens with zero attached hydrogens (tertiary/aromatic N) is 1. The van der Waals surface area contributed by atoms with Gasteiger partial charge in [0.15, 0.2) is 0 Å². The lowest BCUT2D eigenvalue weighted by Crippen LogP contribution is -2.27. The number of halogens is 1. The van der Waals surface area contributed by atoms with E-state index in [9.17, 15) is 19.3 Å². The molecule has 0 saturated carbocycles. The molecule has 0 aromatic heterocycles. The van der Waals surface area contributed by atoms with Crippen molar-refractivity contribution in [2.24, 2.45) is 0 Å². The molecule has 28 heavy (non-hydrogen) atoms. The number of nitro benzene ring substituents is 1. The van der Waals surface area contributed by atoms with Gasteiger partial charge in [0.2, 0.25) is 5.91 Å². The van der Waals surface area contributed by atoms with Crippen LogP contribution < -0.4 is 10.6 Å². The van der Waals surface area contributed by atoms with Crippen molar-refractivity contribution in [3.8, 4) is 0 Å². The molecule has 2 N–H and O–H groups in total. The third kappa shape index (κ3) is 5.37. The fourth-order valence-corrected chi connectivity index (χ4v) is 2.89. The maximum Gasteiger partial charge on any atom is 0.279 e. The molecule has 1 amide bonds. The predicted molar refractivity (Wildman–Crippen MR) is 105 cm³/mol. The molecule has 2 aromatic rings. The van der Waals surface area contributed by atoms with Gasteiger partial charge in [-0.2, -0.15) is 0 Å². The van der Waals surface area contributed by atoms with Crippen molar-refractivity contribution in [1.82, 2.24) is 0 Å². The molecule has 3 rings (SSSR count). The average Bonchev–Trinajstić information content (AvgIpc) is 2.69. The van der Waals surface area contributed by atoms with Gasteiger partial charge in [-0.3, -0.25) is 14.9 Å². The molecular formula is C20H20FN3O4. The molecule has 0 radical (unpaired) electrons. The van der Waals surface area contributed by atoms with Gasteiger partial charge in [-0.05, 0) is 55.3 Å². The lowest BCUT2D eigenvalue weighted by molar-refractivity contribution is -0.385. The Morgan fingerprint density at radius 1 is 1.14 bits per heavy atom. The van der Waals surface area contributed by atoms with E-state index >= 15 is 0 Å². The van der Waals surface area contributed by atoms with Crippen LogP contribution >= 0.6 is 0 Å². The zero-order chi connectivity index (χ0) is 19.9. The molecule has 146 valence electrons. The average molecular weight is 385 g/mol. The third-order valence-electron chi connectivity index (χ3n) is 4.35. The van der Waals surface area contributed by atoms with Gasteiger partial charge in [-0.25, -0.2) is 4.39 Å². The molecule has 0 aliphatic carbocycles. The number of amides is 1. The van der Waals surface area contributed by atoms with Gasteiger partial charge < -0.3 is 15.4 Å². The van der Waals surface area contributed by atoms with E-state index in [2.05, 4.69) is 10.6 Å². The molecule has 8 heteroatoms. The highest BCUT2D eigenvalue weighted by atomic mass is 19.1. The minimum Gasteiger partial charge on any atom is -0.382 e. The Morgan fingerprint density at radius 3 is 2.50 bits per heavy atom. The summed E-state index contributed by atoms with van der Waals surface area (Å²) in [6, 6.07) is 10.9. The maximum atomic E-state index is 13.2. The quantitative estimate of drug-likeness (QED) is 0.446. The predicted octanol–water partition coefficient (Wildman–Crippen LogP) is 3.98. The van der Waals surface area contributed by atoms with Crippen LogP contribution in [0.1, 0.15) is 18.4 Å². The number of rotatable bonds is 6. The summed E-state index contributed by atoms with van der Waals surface area (Å²) in [5, 5.41) is 17.1. The molecule has 0 bridgehead atoms. The number of carbonyl (C=O) groups is 1. The van der Waals surface area contributed by atoms with Crippen LogP contribution in [0.2, 0.25) is 0 Å². The highest BCUT2D eigenvalue weighted by Gasteiger charge is 2.14. The van der Waals surface area contributed by atoms with E-state index in [-0.39, 0.29) is 5.56 Å². The molecule has 7 nitrogen and oxygen atoms in total. The molecule has 1 saturated heterocycles. The lowest BCUT2D eigenvalue weighted by atomic mass is 10.1. The van der Waals surface area contributed by atoms with Crippen molar-refractivity contribution in [3.63, 3.8) is 0 Å². The van der Waals surface area contributed by atoms with E-state index in [0.29, 0.717) is 11.7 Å². The Morgan fingerprint density at radius 2 is 1.82 bits per heavy atom. The van der Waals surface area contributed by atoms with E-state index in [1.54, 1.807) is 12.1 Å². The van der Waals surface area contributed by atoms with Gasteiger partial charge in [0.05, 0.1) is 16.6 Å². The van der Waals surface area contributed by atoms with E-state index in [1.807, 2.05) is 12.1 Å². The number of anilines is 2. The highest BCUT2D eigenvalue weighted by molar-refractivity contribution is 6.02. The normalized spacial score (nSPS) is 14.8. The molecule has 0 unspecified atom stereocenters. The summed E-state index contributed by atoms with van der Waals surface area (Å²) < 4.78 is 18.5. The zero-order valence-corrected chi connectivity index (χ0v) is 15.1. The molecule has 0 spiro atoms. The monoisotopic (exact) mass is 385 g/mol. The molecule has 1 aliphatic heterocycles. The van der Waals surface area contributed by atoms with Crippen LogP contribution in [0, 0.1) is 15.9 Å². The molecule has 2 aromatic carbocycles. The lowest BCUT2D eigenvalue weighted by Gasteiger charge is -2.24. The van der Waals surface area contributed by atoms with E-state index in [0.717, 1.165) is 43.9 Å². The van der Waals surface area contributed by atoms with Crippen LogP contribution in [-0.4, -0.2) is 30.1 Å². The minimum atomic E-state index is -0.706. The fourth-order valence-electron chi connectivity index (χ4n) is 2.89. The molecule has 1 heterocycles. The van der Waals surface area contributed by atoms with Crippen LogP contribution in [0.3, 0.4) is 0 Å². The van der Waals surface area contributed by atoms with Crippen LogP contribution in [0.25, 0.3) is 6.08 Å². The SMILES string of the molecule is O=C(C=Cc1ccc(F)cc1[N+](=O)[O-])Nc1ccc(NC2CCOCC2)cc1. The summed E-state index contributed by atoms with van der Waals surface area (Å²) in [4.78, 5) is 22.4. The number of nitro groups is 1. The molecular weight excluding hydrogens is 365 g/mol. The van der Waals surface area contributed by atoms with Crippen molar-refractivity contribution in [2.75, 3.05) is 23.8 Å². The number of nitrogens with one attached hydrogen (secondary N) is 2. The summed E-state index contributed by atoms with van der Waals surface area (Å²) in [7, 11) is 0. The van der Waals surface area contributed by atoms with Crippen LogP contribution in [0.15, 0.2) is 48.5 Å². The Labute approximate surface area is 161 Å². The summed E-state index contributed by atoms with van der Waals surface area (Å²) in [5.74, 6) is -1.15. The largest absolute Gasteiger partial charge is 0.382 e. The first-order valence-electron chi connectivity index (χ1n) is 8.88. The van der Waals surface area contributed by atoms with Crippen LogP contribution in [0.4, 0.5) is 21.5 Å². The van der Waals surface area contributed by atoms with Crippen molar-refractivity contribution in [3.05, 3.63) is 70.0 Å². The Hall–Kier alpha value is -3.26. The molecule has 1 aliphatic rings. The molecule has 1 fully saturated rings. The molecule has 0 atom stereocenters. The minimum absolute atomic E-state index is 0.151. The first kappa shape index (κ1) is 19.5. The Kier molecular flexibility index (Phi) is 6.33. The Bertz CT molecular complexity index is 878. The second kappa shape index (κ2) is 9.09. The van der Waals surface area contributed by atoms with Gasteiger partial charge in [-0.1, -0.05) is 0 Å². The highest BCUT2D eigenvalue weighted by Crippen LogP contribution is 2.21. The third-order valence-corrected chi connectivity index (χ3v) is 4.35. The summed E-state index contributed by atoms with van der Waals surface area (Å²) >= 11 is 0. The van der Waals surface area contributed by atoms with E-state index in [1.165, 1.54) is 18.2 Å². The second-order valence-electron chi connectivity index (χ2n) is 6.39. The number of carbonyl (C=O) groups excluding carboxylic acids is 1. The first-order chi connectivity index (χ1) is 13.5. The smallest absolute Gasteiger partial charge is 0.279 e. The van der Waals surface area contributed by atoms with Gasteiger partial charge in [0, 0.05) is 36.7 Å². The standard InChI is InChI=1S/C20H20FN3O4/c21-15-3-1-14(19(13-15)24(26)27)2-8-20(25)23-17-6-4-16(5-7-17)22-18-9-11-28-12-10-18/h1-8,13,18,22H,9-12H2,(H,23,25). The maximum absolute atomic E-state index is 13.2. The van der Waals surface area contributed by atoms with Gasteiger partial charge in [0.25, 0.3) is 5.69 Å². The second-order valence-corrected chi connectivity index (χ2v) is 6.39. The van der Waals surface area contributed by atoms with Crippen LogP contribution in [0.5, 0.6) is 0 Å². The number of hydrogen-bond donors (Lipinski definition) is 2. The number of ether oxygens (including phenoxy) is 1. The van der Waals surface area contributed by atoms with E-state index in [4.69, 9.17) is 4.74 Å². The van der Waals surface area contributed by atoms with Crippen LogP contribution in [-0.2, 0) is 9.53 Å². The van der Waals surface area contributed by atoms with Gasteiger partial charge in [0.1, 0.15) is 5.82 Å². The summed E-state index contributed by atoms with van der Waals surface area (Å²) in [6.45, 7) is 1.51.